The molecule has 2 aromatic rings. The molecule has 2 saturated carbocycles. The van der Waals surface area contributed by atoms with Crippen LogP contribution in [0.1, 0.15) is 49.7 Å². The van der Waals surface area contributed by atoms with Gasteiger partial charge in [-0.25, -0.2) is 0 Å². The molecule has 2 nitrogen and oxygen atoms in total. The number of carbonyl (C=O) groups is 1. The molecule has 0 N–H and O–H groups in total. The van der Waals surface area contributed by atoms with Crippen LogP contribution in [0.3, 0.4) is 0 Å². The second-order valence-electron chi connectivity index (χ2n) is 7.09. The summed E-state index contributed by atoms with van der Waals surface area (Å²) in [5.74, 6) is 0.330. The third kappa shape index (κ3) is 3.00. The fraction of sp³-hybridized carbons (Fsp3) is 0.450. The lowest BCUT2D eigenvalue weighted by molar-refractivity contribution is -0.138. The van der Waals surface area contributed by atoms with Crippen LogP contribution in [0.5, 0.6) is 0 Å². The number of thiophene rings is 1. The van der Waals surface area contributed by atoms with Crippen LogP contribution >= 0.6 is 22.9 Å². The molecule has 0 saturated heterocycles. The zero-order valence-electron chi connectivity index (χ0n) is 13.7. The van der Waals surface area contributed by atoms with E-state index < -0.39 is 0 Å². The van der Waals surface area contributed by atoms with Gasteiger partial charge >= 0.3 is 0 Å². The molecule has 2 aliphatic rings. The van der Waals surface area contributed by atoms with Crippen LogP contribution < -0.4 is 0 Å². The maximum absolute atomic E-state index is 13.7. The van der Waals surface area contributed by atoms with Gasteiger partial charge < -0.3 is 4.90 Å². The molecular weight excluding hydrogens is 338 g/mol. The monoisotopic (exact) mass is 359 g/mol. The highest BCUT2D eigenvalue weighted by Crippen LogP contribution is 2.45. The minimum Gasteiger partial charge on any atom is -0.335 e. The number of hydrogen-bond acceptors (Lipinski definition) is 2. The van der Waals surface area contributed by atoms with Crippen LogP contribution in [0.25, 0.3) is 0 Å². The molecule has 2 aliphatic carbocycles. The number of nitrogens with zero attached hydrogens (tertiary/aromatic N) is 1. The summed E-state index contributed by atoms with van der Waals surface area (Å²) in [4.78, 5) is 15.8. The van der Waals surface area contributed by atoms with Gasteiger partial charge in [0.1, 0.15) is 0 Å². The summed E-state index contributed by atoms with van der Waals surface area (Å²) in [6.07, 6.45) is 6.47. The first kappa shape index (κ1) is 16.2. The summed E-state index contributed by atoms with van der Waals surface area (Å²) < 4.78 is 0. The van der Waals surface area contributed by atoms with Gasteiger partial charge in [-0.2, -0.15) is 11.3 Å². The van der Waals surface area contributed by atoms with Crippen LogP contribution in [0.2, 0.25) is 5.02 Å². The fourth-order valence-corrected chi connectivity index (χ4v) is 4.77. The van der Waals surface area contributed by atoms with Gasteiger partial charge in [0.05, 0.1) is 5.41 Å². The van der Waals surface area contributed by atoms with Gasteiger partial charge in [-0.3, -0.25) is 4.79 Å². The van der Waals surface area contributed by atoms with Gasteiger partial charge in [0.25, 0.3) is 0 Å². The van der Waals surface area contributed by atoms with Gasteiger partial charge in [-0.05, 0) is 65.8 Å². The number of rotatable bonds is 5. The third-order valence-corrected chi connectivity index (χ3v) is 6.43. The lowest BCUT2D eigenvalue weighted by Crippen LogP contribution is -2.46. The Morgan fingerprint density at radius 3 is 2.46 bits per heavy atom. The Morgan fingerprint density at radius 1 is 1.17 bits per heavy atom. The van der Waals surface area contributed by atoms with E-state index in [0.717, 1.165) is 55.7 Å². The zero-order chi connectivity index (χ0) is 16.6. The first-order valence-corrected chi connectivity index (χ1v) is 10.1. The molecule has 1 heterocycles. The molecule has 0 unspecified atom stereocenters. The maximum Gasteiger partial charge on any atom is 0.233 e. The molecule has 4 rings (SSSR count). The van der Waals surface area contributed by atoms with Crippen LogP contribution in [-0.4, -0.2) is 16.8 Å². The molecule has 24 heavy (non-hydrogen) atoms. The highest BCUT2D eigenvalue weighted by atomic mass is 35.5. The Morgan fingerprint density at radius 2 is 1.88 bits per heavy atom. The van der Waals surface area contributed by atoms with Crippen molar-refractivity contribution in [1.29, 1.82) is 0 Å². The van der Waals surface area contributed by atoms with Gasteiger partial charge in [0.15, 0.2) is 0 Å². The summed E-state index contributed by atoms with van der Waals surface area (Å²) in [5.41, 5.74) is 2.05. The molecular formula is C20H22ClNOS. The molecule has 0 aliphatic heterocycles. The second kappa shape index (κ2) is 6.53. The van der Waals surface area contributed by atoms with Crippen molar-refractivity contribution < 1.29 is 4.79 Å². The average Bonchev–Trinajstić information content (AvgIpc) is 3.10. The van der Waals surface area contributed by atoms with E-state index in [1.165, 1.54) is 5.56 Å². The normalized spacial score (nSPS) is 19.4. The molecule has 0 radical (unpaired) electrons. The molecule has 4 heteroatoms. The maximum atomic E-state index is 13.7. The van der Waals surface area contributed by atoms with E-state index in [-0.39, 0.29) is 5.41 Å². The molecule has 0 atom stereocenters. The predicted molar refractivity (Wildman–Crippen MR) is 99.5 cm³/mol. The van der Waals surface area contributed by atoms with Crippen molar-refractivity contribution in [2.75, 3.05) is 0 Å². The number of hydrogen-bond donors (Lipinski definition) is 0. The van der Waals surface area contributed by atoms with E-state index in [0.29, 0.717) is 11.9 Å². The van der Waals surface area contributed by atoms with E-state index in [9.17, 15) is 4.79 Å². The number of carbonyl (C=O) groups excluding carboxylic acids is 1. The second-order valence-corrected chi connectivity index (χ2v) is 8.31. The van der Waals surface area contributed by atoms with E-state index in [1.54, 1.807) is 11.3 Å². The van der Waals surface area contributed by atoms with Gasteiger partial charge in [-0.15, -0.1) is 0 Å². The fourth-order valence-electron chi connectivity index (χ4n) is 3.98. The van der Waals surface area contributed by atoms with Crippen molar-refractivity contribution in [3.63, 3.8) is 0 Å². The molecule has 1 aromatic heterocycles. The average molecular weight is 360 g/mol. The Hall–Kier alpha value is -1.32. The first-order valence-electron chi connectivity index (χ1n) is 8.77. The summed E-state index contributed by atoms with van der Waals surface area (Å²) in [5, 5.41) is 4.98. The van der Waals surface area contributed by atoms with Crippen molar-refractivity contribution in [3.8, 4) is 0 Å². The van der Waals surface area contributed by atoms with Crippen molar-refractivity contribution in [2.45, 2.75) is 56.5 Å². The van der Waals surface area contributed by atoms with E-state index in [1.807, 2.05) is 12.1 Å². The van der Waals surface area contributed by atoms with E-state index in [4.69, 9.17) is 11.6 Å². The minimum absolute atomic E-state index is 0.330. The van der Waals surface area contributed by atoms with E-state index in [2.05, 4.69) is 33.9 Å². The Bertz CT molecular complexity index is 700. The minimum atomic E-state index is -0.344. The molecule has 1 amide bonds. The number of halogens is 1. The predicted octanol–water partition coefficient (Wildman–Crippen LogP) is 5.40. The lowest BCUT2D eigenvalue weighted by Gasteiger charge is -2.35. The Kier molecular flexibility index (Phi) is 4.40. The van der Waals surface area contributed by atoms with Gasteiger partial charge in [0.2, 0.25) is 5.91 Å². The Labute approximate surface area is 152 Å². The van der Waals surface area contributed by atoms with Gasteiger partial charge in [0, 0.05) is 17.6 Å². The van der Waals surface area contributed by atoms with Crippen LogP contribution in [0, 0.1) is 0 Å². The topological polar surface area (TPSA) is 20.3 Å². The quantitative estimate of drug-likeness (QED) is 0.699. The molecule has 1 aromatic carbocycles. The number of benzene rings is 1. The van der Waals surface area contributed by atoms with Crippen molar-refractivity contribution in [3.05, 3.63) is 57.2 Å². The molecule has 2 fully saturated rings. The molecule has 126 valence electrons. The van der Waals surface area contributed by atoms with Crippen molar-refractivity contribution >= 4 is 28.8 Å². The summed E-state index contributed by atoms with van der Waals surface area (Å²) >= 11 is 7.77. The van der Waals surface area contributed by atoms with Crippen LogP contribution in [0.15, 0.2) is 41.1 Å². The molecule has 0 bridgehead atoms. The smallest absolute Gasteiger partial charge is 0.233 e. The third-order valence-electron chi connectivity index (χ3n) is 5.44. The largest absolute Gasteiger partial charge is 0.335 e. The van der Waals surface area contributed by atoms with Crippen LogP contribution in [0.4, 0.5) is 0 Å². The summed E-state index contributed by atoms with van der Waals surface area (Å²) in [6, 6.07) is 10.5. The highest BCUT2D eigenvalue weighted by Gasteiger charge is 2.47. The summed E-state index contributed by atoms with van der Waals surface area (Å²) in [6.45, 7) is 0.752. The first-order chi connectivity index (χ1) is 11.7. The molecule has 0 spiro atoms. The highest BCUT2D eigenvalue weighted by molar-refractivity contribution is 7.07. The standard InChI is InChI=1S/C20H22ClNOS/c21-17-5-3-16(4-6-17)20(10-1-2-11-20)19(23)22(18-7-8-18)13-15-9-12-24-14-15/h3-6,9,12,14,18H,1-2,7-8,10-11,13H2. The lowest BCUT2D eigenvalue weighted by atomic mass is 9.77. The summed E-state index contributed by atoms with van der Waals surface area (Å²) in [7, 11) is 0. The SMILES string of the molecule is O=C(N(Cc1ccsc1)C1CC1)C1(c2ccc(Cl)cc2)CCCC1. The van der Waals surface area contributed by atoms with Crippen molar-refractivity contribution in [1.82, 2.24) is 4.90 Å². The van der Waals surface area contributed by atoms with E-state index >= 15 is 0 Å². The van der Waals surface area contributed by atoms with Crippen LogP contribution in [-0.2, 0) is 16.8 Å². The number of amides is 1. The zero-order valence-corrected chi connectivity index (χ0v) is 15.3. The van der Waals surface area contributed by atoms with Gasteiger partial charge in [-0.1, -0.05) is 36.6 Å². The van der Waals surface area contributed by atoms with Crippen molar-refractivity contribution in [2.24, 2.45) is 0 Å². The Balaban J connectivity index is 1.66.